The van der Waals surface area contributed by atoms with Crippen LogP contribution < -0.4 is 10.5 Å². The van der Waals surface area contributed by atoms with Crippen LogP contribution in [-0.2, 0) is 0 Å². The van der Waals surface area contributed by atoms with E-state index in [-0.39, 0.29) is 5.95 Å². The van der Waals surface area contributed by atoms with Crippen LogP contribution >= 0.6 is 0 Å². The van der Waals surface area contributed by atoms with E-state index in [4.69, 9.17) is 10.5 Å². The molecule has 1 aromatic carbocycles. The van der Waals surface area contributed by atoms with Crippen molar-refractivity contribution in [3.63, 3.8) is 0 Å². The minimum Gasteiger partial charge on any atom is -0.477 e. The van der Waals surface area contributed by atoms with Gasteiger partial charge < -0.3 is 10.5 Å². The molecule has 2 aromatic rings. The third-order valence-corrected chi connectivity index (χ3v) is 3.05. The number of benzene rings is 1. The molecule has 4 nitrogen and oxygen atoms in total. The lowest BCUT2D eigenvalue weighted by atomic mass is 10.2. The second-order valence-corrected chi connectivity index (χ2v) is 4.48. The Kier molecular flexibility index (Phi) is 2.55. The number of rotatable bonds is 4. The zero-order valence-electron chi connectivity index (χ0n) is 9.60. The first-order valence-electron chi connectivity index (χ1n) is 5.98. The zero-order valence-corrected chi connectivity index (χ0v) is 9.60. The molecule has 0 saturated heterocycles. The number of fused-ring (bicyclic) bond motifs is 1. The molecule has 17 heavy (non-hydrogen) atoms. The number of hydrogen-bond acceptors (Lipinski definition) is 4. The third kappa shape index (κ3) is 2.30. The summed E-state index contributed by atoms with van der Waals surface area (Å²) in [5.41, 5.74) is 6.50. The van der Waals surface area contributed by atoms with Gasteiger partial charge in [-0.2, -0.15) is 4.98 Å². The van der Waals surface area contributed by atoms with Crippen LogP contribution in [0.25, 0.3) is 10.9 Å². The summed E-state index contributed by atoms with van der Waals surface area (Å²) in [5.74, 6) is 1.74. The van der Waals surface area contributed by atoms with Gasteiger partial charge in [0.25, 0.3) is 0 Å². The van der Waals surface area contributed by atoms with E-state index in [1.165, 1.54) is 12.8 Å². The highest BCUT2D eigenvalue weighted by molar-refractivity contribution is 5.84. The van der Waals surface area contributed by atoms with Gasteiger partial charge in [0, 0.05) is 0 Å². The van der Waals surface area contributed by atoms with Gasteiger partial charge in [-0.05, 0) is 24.5 Å². The summed E-state index contributed by atoms with van der Waals surface area (Å²) in [7, 11) is 0. The number of ether oxygens (including phenoxy) is 1. The van der Waals surface area contributed by atoms with Gasteiger partial charge in [-0.1, -0.05) is 25.0 Å². The van der Waals surface area contributed by atoms with Gasteiger partial charge in [-0.3, -0.25) is 0 Å². The molecule has 1 aliphatic carbocycles. The molecule has 1 aliphatic rings. The highest BCUT2D eigenvalue weighted by atomic mass is 16.5. The van der Waals surface area contributed by atoms with Crippen LogP contribution in [0.1, 0.15) is 19.3 Å². The molecule has 1 saturated carbocycles. The molecule has 0 radical (unpaired) electrons. The molecule has 88 valence electrons. The van der Waals surface area contributed by atoms with Crippen molar-refractivity contribution in [2.24, 2.45) is 5.92 Å². The number of nitrogens with two attached hydrogens (primary N) is 1. The zero-order chi connectivity index (χ0) is 11.7. The first kappa shape index (κ1) is 10.3. The van der Waals surface area contributed by atoms with Gasteiger partial charge in [-0.25, -0.2) is 4.98 Å². The molecule has 0 spiro atoms. The second kappa shape index (κ2) is 4.20. The highest BCUT2D eigenvalue weighted by Gasteiger charge is 2.21. The Bertz CT molecular complexity index is 537. The van der Waals surface area contributed by atoms with Crippen LogP contribution in [0.4, 0.5) is 5.95 Å². The molecular formula is C13H15N3O. The predicted octanol–water partition coefficient (Wildman–Crippen LogP) is 2.39. The second-order valence-electron chi connectivity index (χ2n) is 4.48. The summed E-state index contributed by atoms with van der Waals surface area (Å²) < 4.78 is 5.72. The van der Waals surface area contributed by atoms with Gasteiger partial charge in [0.1, 0.15) is 0 Å². The van der Waals surface area contributed by atoms with Gasteiger partial charge in [0.15, 0.2) is 0 Å². The lowest BCUT2D eigenvalue weighted by Crippen LogP contribution is -2.03. The van der Waals surface area contributed by atoms with Gasteiger partial charge >= 0.3 is 0 Å². The summed E-state index contributed by atoms with van der Waals surface area (Å²) in [5, 5.41) is 0.928. The molecule has 0 bridgehead atoms. The summed E-state index contributed by atoms with van der Waals surface area (Å²) in [6.07, 6.45) is 3.80. The van der Waals surface area contributed by atoms with Crippen molar-refractivity contribution >= 4 is 16.9 Å². The maximum atomic E-state index is 5.72. The van der Waals surface area contributed by atoms with Gasteiger partial charge in [-0.15, -0.1) is 0 Å². The Morgan fingerprint density at radius 3 is 2.88 bits per heavy atom. The van der Waals surface area contributed by atoms with Crippen molar-refractivity contribution in [3.8, 4) is 5.88 Å². The normalized spacial score (nSPS) is 15.1. The van der Waals surface area contributed by atoms with Crippen LogP contribution in [0.15, 0.2) is 24.3 Å². The number of nitrogens with zero attached hydrogens (tertiary/aromatic N) is 2. The van der Waals surface area contributed by atoms with Gasteiger partial charge in [0.05, 0.1) is 17.5 Å². The van der Waals surface area contributed by atoms with E-state index in [2.05, 4.69) is 9.97 Å². The molecule has 0 atom stereocenters. The van der Waals surface area contributed by atoms with E-state index in [9.17, 15) is 0 Å². The molecule has 0 amide bonds. The third-order valence-electron chi connectivity index (χ3n) is 3.05. The molecule has 0 unspecified atom stereocenters. The quantitative estimate of drug-likeness (QED) is 0.874. The largest absolute Gasteiger partial charge is 0.477 e. The topological polar surface area (TPSA) is 61.0 Å². The van der Waals surface area contributed by atoms with Crippen molar-refractivity contribution in [1.82, 2.24) is 9.97 Å². The number of hydrogen-bond donors (Lipinski definition) is 1. The van der Waals surface area contributed by atoms with Crippen LogP contribution in [0, 0.1) is 5.92 Å². The van der Waals surface area contributed by atoms with E-state index < -0.39 is 0 Å². The molecule has 1 heterocycles. The van der Waals surface area contributed by atoms with Crippen molar-refractivity contribution in [2.75, 3.05) is 12.3 Å². The maximum Gasteiger partial charge on any atom is 0.226 e. The molecule has 3 rings (SSSR count). The fourth-order valence-electron chi connectivity index (χ4n) is 1.90. The highest BCUT2D eigenvalue weighted by Crippen LogP contribution is 2.32. The summed E-state index contributed by atoms with van der Waals surface area (Å²) >= 11 is 0. The fourth-order valence-corrected chi connectivity index (χ4v) is 1.90. The Hall–Kier alpha value is -1.84. The number of nitrogen functional groups attached to an aromatic ring is 1. The Balaban J connectivity index is 1.85. The van der Waals surface area contributed by atoms with Gasteiger partial charge in [0.2, 0.25) is 11.8 Å². The minimum atomic E-state index is 0.269. The fraction of sp³-hybridized carbons (Fsp3) is 0.385. The smallest absolute Gasteiger partial charge is 0.226 e. The molecular weight excluding hydrogens is 214 g/mol. The van der Waals surface area contributed by atoms with E-state index >= 15 is 0 Å². The average molecular weight is 229 g/mol. The lowest BCUT2D eigenvalue weighted by molar-refractivity contribution is 0.295. The van der Waals surface area contributed by atoms with E-state index in [0.717, 1.165) is 23.2 Å². The summed E-state index contributed by atoms with van der Waals surface area (Å²) in [4.78, 5) is 8.34. The monoisotopic (exact) mass is 229 g/mol. The number of aromatic nitrogens is 2. The van der Waals surface area contributed by atoms with Crippen LogP contribution in [-0.4, -0.2) is 16.6 Å². The number of para-hydroxylation sites is 1. The first-order valence-corrected chi connectivity index (χ1v) is 5.98. The van der Waals surface area contributed by atoms with Crippen molar-refractivity contribution in [3.05, 3.63) is 24.3 Å². The van der Waals surface area contributed by atoms with E-state index in [1.54, 1.807) is 0 Å². The lowest BCUT2D eigenvalue weighted by Gasteiger charge is -2.08. The van der Waals surface area contributed by atoms with Crippen LogP contribution in [0.5, 0.6) is 5.88 Å². The standard InChI is InChI=1S/C13H15N3O/c14-13-15-11-4-2-1-3-10(11)12(16-13)17-8-7-9-5-6-9/h1-4,9H,5-8H2,(H2,14,15,16). The molecule has 2 N–H and O–H groups in total. The summed E-state index contributed by atoms with van der Waals surface area (Å²) in [6.45, 7) is 0.713. The van der Waals surface area contributed by atoms with E-state index in [0.29, 0.717) is 12.5 Å². The van der Waals surface area contributed by atoms with Crippen LogP contribution in [0.3, 0.4) is 0 Å². The summed E-state index contributed by atoms with van der Waals surface area (Å²) in [6, 6.07) is 7.76. The molecule has 4 heteroatoms. The minimum absolute atomic E-state index is 0.269. The van der Waals surface area contributed by atoms with Crippen LogP contribution in [0.2, 0.25) is 0 Å². The number of anilines is 1. The molecule has 0 aliphatic heterocycles. The predicted molar refractivity (Wildman–Crippen MR) is 66.8 cm³/mol. The van der Waals surface area contributed by atoms with Crippen molar-refractivity contribution in [1.29, 1.82) is 0 Å². The maximum absolute atomic E-state index is 5.72. The Morgan fingerprint density at radius 2 is 2.06 bits per heavy atom. The van der Waals surface area contributed by atoms with E-state index in [1.807, 2.05) is 24.3 Å². The molecule has 1 fully saturated rings. The molecule has 1 aromatic heterocycles. The van der Waals surface area contributed by atoms with Crippen molar-refractivity contribution < 1.29 is 4.74 Å². The average Bonchev–Trinajstić information content (AvgIpc) is 3.13. The van der Waals surface area contributed by atoms with Crippen molar-refractivity contribution in [2.45, 2.75) is 19.3 Å². The Morgan fingerprint density at radius 1 is 1.24 bits per heavy atom. The Labute approximate surface area is 99.8 Å². The SMILES string of the molecule is Nc1nc(OCCC2CC2)c2ccccc2n1. The first-order chi connectivity index (χ1) is 8.33.